The van der Waals surface area contributed by atoms with Crippen LogP contribution in [0.4, 0.5) is 5.69 Å². The van der Waals surface area contributed by atoms with Gasteiger partial charge in [0.05, 0.1) is 5.70 Å². The molecule has 1 N–H and O–H groups in total. The van der Waals surface area contributed by atoms with Crippen LogP contribution in [-0.4, -0.2) is 14.8 Å². The normalized spacial score (nSPS) is 35.9. The first-order valence-electron chi connectivity index (χ1n) is 8.95. The molecule has 4 rings (SSSR count). The maximum Gasteiger partial charge on any atom is 0.239 e. The van der Waals surface area contributed by atoms with Gasteiger partial charge in [-0.15, -0.1) is 18.2 Å². The summed E-state index contributed by atoms with van der Waals surface area (Å²) in [6, 6.07) is 7.97. The summed E-state index contributed by atoms with van der Waals surface area (Å²) in [6.45, 7) is 10.4. The standard InChI is InChI=1S/C21H21Br2ClN2O/c1-5-20(4)14(24)10-12-15(16(20)26-18(22)23)21(19(12,2)3)11-8-6-7-9-13(11)25-17(21)27/h5-9,12,14H,1,10H2,2-4H3,(H,25,27)/t12-,14+,20+,21+/m0/s1. The van der Waals surface area contributed by atoms with E-state index in [0.717, 1.165) is 28.9 Å². The molecule has 0 aromatic heterocycles. The van der Waals surface area contributed by atoms with Crippen molar-refractivity contribution in [3.63, 3.8) is 0 Å². The summed E-state index contributed by atoms with van der Waals surface area (Å²) < 4.78 is 0.585. The third-order valence-electron chi connectivity index (χ3n) is 6.99. The number of hydrogen-bond donors (Lipinski definition) is 1. The van der Waals surface area contributed by atoms with Crippen LogP contribution in [0.5, 0.6) is 0 Å². The molecule has 1 heterocycles. The van der Waals surface area contributed by atoms with Crippen molar-refractivity contribution in [3.05, 3.63) is 53.8 Å². The molecule has 142 valence electrons. The fourth-order valence-electron chi connectivity index (χ4n) is 5.45. The average molecular weight is 513 g/mol. The number of anilines is 1. The number of para-hydroxylation sites is 1. The van der Waals surface area contributed by atoms with E-state index >= 15 is 0 Å². The van der Waals surface area contributed by atoms with Gasteiger partial charge in [0.15, 0.2) is 0 Å². The highest BCUT2D eigenvalue weighted by atomic mass is 79.9. The van der Waals surface area contributed by atoms with Crippen molar-refractivity contribution < 1.29 is 4.79 Å². The average Bonchev–Trinajstić information content (AvgIpc) is 2.92. The van der Waals surface area contributed by atoms with Gasteiger partial charge in [0, 0.05) is 16.5 Å². The molecule has 1 spiro atoms. The minimum Gasteiger partial charge on any atom is -0.325 e. The molecule has 4 atom stereocenters. The lowest BCUT2D eigenvalue weighted by Gasteiger charge is -2.65. The number of allylic oxidation sites excluding steroid dienone is 1. The zero-order chi connectivity index (χ0) is 19.8. The lowest BCUT2D eigenvalue weighted by atomic mass is 9.37. The van der Waals surface area contributed by atoms with Crippen molar-refractivity contribution in [3.8, 4) is 0 Å². The molecule has 0 unspecified atom stereocenters. The van der Waals surface area contributed by atoms with Crippen molar-refractivity contribution in [2.24, 2.45) is 21.7 Å². The van der Waals surface area contributed by atoms with Crippen LogP contribution in [0, 0.1) is 16.7 Å². The second-order valence-electron chi connectivity index (χ2n) is 8.33. The van der Waals surface area contributed by atoms with Gasteiger partial charge < -0.3 is 5.32 Å². The maximum absolute atomic E-state index is 13.4. The highest BCUT2D eigenvalue weighted by molar-refractivity contribution is 9.39. The number of amides is 1. The van der Waals surface area contributed by atoms with Gasteiger partial charge in [-0.3, -0.25) is 4.79 Å². The fraction of sp³-hybridized carbons (Fsp3) is 0.429. The van der Waals surface area contributed by atoms with Crippen LogP contribution in [-0.2, 0) is 10.2 Å². The topological polar surface area (TPSA) is 41.5 Å². The third kappa shape index (κ3) is 2.19. The molecule has 1 saturated carbocycles. The van der Waals surface area contributed by atoms with Crippen molar-refractivity contribution in [1.82, 2.24) is 0 Å². The molecular weight excluding hydrogens is 492 g/mol. The number of alkyl halides is 1. The lowest BCUT2D eigenvalue weighted by Crippen LogP contribution is -2.67. The number of fused-ring (bicyclic) bond motifs is 4. The van der Waals surface area contributed by atoms with Crippen molar-refractivity contribution in [2.45, 2.75) is 38.0 Å². The van der Waals surface area contributed by atoms with E-state index < -0.39 is 10.8 Å². The Labute approximate surface area is 181 Å². The Balaban J connectivity index is 2.11. The van der Waals surface area contributed by atoms with Crippen molar-refractivity contribution in [1.29, 1.82) is 0 Å². The van der Waals surface area contributed by atoms with E-state index in [1.807, 2.05) is 24.3 Å². The molecule has 6 heteroatoms. The van der Waals surface area contributed by atoms with Crippen molar-refractivity contribution in [2.75, 3.05) is 5.32 Å². The SMILES string of the molecule is C=C[C@@]1(C)C(N=C(Br)Br)=C2[C@H](C[C@H]1Cl)C(C)(C)[C@@]21C(=O)Nc2ccccc21. The first-order valence-corrected chi connectivity index (χ1v) is 11.0. The van der Waals surface area contributed by atoms with Crippen LogP contribution in [0.1, 0.15) is 32.8 Å². The number of benzene rings is 1. The lowest BCUT2D eigenvalue weighted by molar-refractivity contribution is -0.131. The molecule has 1 aromatic carbocycles. The van der Waals surface area contributed by atoms with Gasteiger partial charge in [0.25, 0.3) is 0 Å². The molecule has 3 nitrogen and oxygen atoms in total. The third-order valence-corrected chi connectivity index (χ3v) is 7.98. The summed E-state index contributed by atoms with van der Waals surface area (Å²) in [5.41, 5.74) is 2.30. The summed E-state index contributed by atoms with van der Waals surface area (Å²) in [5.74, 6) is 0.209. The smallest absolute Gasteiger partial charge is 0.239 e. The number of nitrogens with one attached hydrogen (secondary N) is 1. The zero-order valence-electron chi connectivity index (χ0n) is 15.4. The Kier molecular flexibility index (Phi) is 4.34. The minimum atomic E-state index is -0.732. The van der Waals surface area contributed by atoms with Gasteiger partial charge in [-0.1, -0.05) is 38.1 Å². The highest BCUT2D eigenvalue weighted by Crippen LogP contribution is 2.73. The van der Waals surface area contributed by atoms with Gasteiger partial charge in [0.2, 0.25) is 5.91 Å². The van der Waals surface area contributed by atoms with Crippen LogP contribution in [0.3, 0.4) is 0 Å². The first kappa shape index (κ1) is 19.4. The van der Waals surface area contributed by atoms with E-state index in [9.17, 15) is 4.79 Å². The second-order valence-corrected chi connectivity index (χ2v) is 11.4. The molecule has 1 fully saturated rings. The summed E-state index contributed by atoms with van der Waals surface area (Å²) >= 11 is 13.7. The number of rotatable bonds is 2. The molecule has 1 amide bonds. The van der Waals surface area contributed by atoms with Crippen LogP contribution >= 0.6 is 43.5 Å². The highest BCUT2D eigenvalue weighted by Gasteiger charge is 2.74. The number of halogens is 3. The van der Waals surface area contributed by atoms with E-state index in [1.54, 1.807) is 0 Å². The van der Waals surface area contributed by atoms with E-state index in [4.69, 9.17) is 16.6 Å². The number of hydrogen-bond acceptors (Lipinski definition) is 2. The molecule has 2 aliphatic carbocycles. The number of carbonyl (C=O) groups is 1. The Morgan fingerprint density at radius 1 is 1.33 bits per heavy atom. The second kappa shape index (κ2) is 6.04. The molecule has 0 bridgehead atoms. The summed E-state index contributed by atoms with van der Waals surface area (Å²) in [4.78, 5) is 18.2. The molecule has 1 aromatic rings. The van der Waals surface area contributed by atoms with Gasteiger partial charge >= 0.3 is 0 Å². The predicted molar refractivity (Wildman–Crippen MR) is 119 cm³/mol. The Morgan fingerprint density at radius 2 is 2.00 bits per heavy atom. The summed E-state index contributed by atoms with van der Waals surface area (Å²) in [6.07, 6.45) is 2.66. The van der Waals surface area contributed by atoms with Crippen LogP contribution in [0.15, 0.2) is 53.2 Å². The fourth-order valence-corrected chi connectivity index (χ4v) is 6.18. The number of nitrogens with zero attached hydrogens (tertiary/aromatic N) is 1. The summed E-state index contributed by atoms with van der Waals surface area (Å²) in [5, 5.41) is 2.96. The number of aliphatic imine (C=N–C) groups is 1. The van der Waals surface area contributed by atoms with E-state index in [0.29, 0.717) is 3.53 Å². The first-order chi connectivity index (χ1) is 12.6. The Morgan fingerprint density at radius 3 is 2.63 bits per heavy atom. The van der Waals surface area contributed by atoms with E-state index in [1.165, 1.54) is 0 Å². The largest absolute Gasteiger partial charge is 0.325 e. The van der Waals surface area contributed by atoms with Gasteiger partial charge in [-0.2, -0.15) is 0 Å². The Bertz CT molecular complexity index is 934. The van der Waals surface area contributed by atoms with Gasteiger partial charge in [-0.05, 0) is 73.7 Å². The van der Waals surface area contributed by atoms with Crippen LogP contribution in [0.25, 0.3) is 0 Å². The quantitative estimate of drug-likeness (QED) is 0.289. The van der Waals surface area contributed by atoms with E-state index in [2.05, 4.69) is 70.6 Å². The maximum atomic E-state index is 13.4. The molecular formula is C21H21Br2ClN2O. The molecule has 0 saturated heterocycles. The predicted octanol–water partition coefficient (Wildman–Crippen LogP) is 6.14. The zero-order valence-corrected chi connectivity index (χ0v) is 19.4. The number of carbonyl (C=O) groups excluding carboxylic acids is 1. The molecule has 3 aliphatic rings. The van der Waals surface area contributed by atoms with E-state index in [-0.39, 0.29) is 22.6 Å². The minimum absolute atomic E-state index is 0.0257. The van der Waals surface area contributed by atoms with Crippen LogP contribution < -0.4 is 5.32 Å². The Hall–Kier alpha value is -0.910. The monoisotopic (exact) mass is 510 g/mol. The van der Waals surface area contributed by atoms with Crippen molar-refractivity contribution >= 4 is 58.6 Å². The molecule has 0 radical (unpaired) electrons. The molecule has 27 heavy (non-hydrogen) atoms. The van der Waals surface area contributed by atoms with Gasteiger partial charge in [0.1, 0.15) is 8.95 Å². The summed E-state index contributed by atoms with van der Waals surface area (Å²) in [7, 11) is 0. The molecule has 1 aliphatic heterocycles. The van der Waals surface area contributed by atoms with Gasteiger partial charge in [-0.25, -0.2) is 4.99 Å². The van der Waals surface area contributed by atoms with Crippen LogP contribution in [0.2, 0.25) is 0 Å².